The lowest BCUT2D eigenvalue weighted by atomic mass is 10.3. The highest BCUT2D eigenvalue weighted by atomic mass is 32.2. The monoisotopic (exact) mass is 452 g/mol. The summed E-state index contributed by atoms with van der Waals surface area (Å²) in [5.41, 5.74) is 1.75. The minimum absolute atomic E-state index is 0.00348. The molecule has 1 atom stereocenters. The number of carbonyl (C=O) groups is 1. The fourth-order valence-electron chi connectivity index (χ4n) is 3.46. The van der Waals surface area contributed by atoms with Crippen LogP contribution in [0.3, 0.4) is 0 Å². The van der Waals surface area contributed by atoms with Gasteiger partial charge < -0.3 is 20.9 Å². The first-order valence-electron chi connectivity index (χ1n) is 10.7. The fourth-order valence-corrected chi connectivity index (χ4v) is 4.23. The summed E-state index contributed by atoms with van der Waals surface area (Å²) in [5, 5.41) is 17.3. The van der Waals surface area contributed by atoms with E-state index in [2.05, 4.69) is 31.0 Å². The molecule has 0 unspecified atom stereocenters. The molecule has 0 saturated carbocycles. The Labute approximate surface area is 191 Å². The molecule has 9 nitrogen and oxygen atoms in total. The predicted octanol–water partition coefficient (Wildman–Crippen LogP) is 3.55. The summed E-state index contributed by atoms with van der Waals surface area (Å²) in [5.74, 6) is 2.30. The number of rotatable bonds is 8. The maximum absolute atomic E-state index is 11.6. The first-order chi connectivity index (χ1) is 15.5. The summed E-state index contributed by atoms with van der Waals surface area (Å²) in [4.78, 5) is 24.4. The number of nitrogens with zero attached hydrogens (tertiary/aromatic N) is 4. The summed E-state index contributed by atoms with van der Waals surface area (Å²) in [7, 11) is 1.99. The summed E-state index contributed by atoms with van der Waals surface area (Å²) in [6, 6.07) is 12.1. The molecule has 3 heterocycles. The van der Waals surface area contributed by atoms with Crippen molar-refractivity contribution in [2.45, 2.75) is 42.8 Å². The summed E-state index contributed by atoms with van der Waals surface area (Å²) in [6.45, 7) is 5.64. The zero-order valence-electron chi connectivity index (χ0n) is 18.5. The maximum atomic E-state index is 11.6. The summed E-state index contributed by atoms with van der Waals surface area (Å²) < 4.78 is 0. The minimum Gasteiger partial charge on any atom is -0.355 e. The van der Waals surface area contributed by atoms with Crippen LogP contribution in [0.5, 0.6) is 0 Å². The highest BCUT2D eigenvalue weighted by Gasteiger charge is 2.23. The van der Waals surface area contributed by atoms with Crippen LogP contribution in [0.4, 0.5) is 23.1 Å². The van der Waals surface area contributed by atoms with Gasteiger partial charge in [-0.15, -0.1) is 0 Å². The van der Waals surface area contributed by atoms with Crippen LogP contribution in [0.25, 0.3) is 0 Å². The first-order valence-corrected chi connectivity index (χ1v) is 11.5. The van der Waals surface area contributed by atoms with Crippen LogP contribution in [0.2, 0.25) is 0 Å². The predicted molar refractivity (Wildman–Crippen MR) is 128 cm³/mol. The van der Waals surface area contributed by atoms with Crippen molar-refractivity contribution in [1.29, 1.82) is 0 Å². The van der Waals surface area contributed by atoms with Gasteiger partial charge in [-0.05, 0) is 56.4 Å². The number of aryl methyl sites for hydroxylation is 1. The Bertz CT molecular complexity index is 1070. The second kappa shape index (κ2) is 10.0. The van der Waals surface area contributed by atoms with Crippen molar-refractivity contribution >= 4 is 40.8 Å². The van der Waals surface area contributed by atoms with Gasteiger partial charge >= 0.3 is 0 Å². The lowest BCUT2D eigenvalue weighted by Crippen LogP contribution is -2.30. The number of carbonyl (C=O) groups excluding carboxylic acids is 1. The Kier molecular flexibility index (Phi) is 6.91. The highest BCUT2D eigenvalue weighted by Crippen LogP contribution is 2.30. The summed E-state index contributed by atoms with van der Waals surface area (Å²) >= 11 is 1.48. The minimum atomic E-state index is -0.00348. The molecule has 0 spiro atoms. The quantitative estimate of drug-likeness (QED) is 0.384. The number of benzene rings is 1. The molecule has 1 aliphatic heterocycles. The van der Waals surface area contributed by atoms with E-state index in [-0.39, 0.29) is 5.91 Å². The molecular weight excluding hydrogens is 424 g/mol. The van der Waals surface area contributed by atoms with E-state index in [1.54, 1.807) is 0 Å². The number of nitrogens with one attached hydrogen (secondary N) is 4. The first kappa shape index (κ1) is 22.1. The molecule has 168 valence electrons. The van der Waals surface area contributed by atoms with Crippen molar-refractivity contribution in [2.75, 3.05) is 35.7 Å². The average molecular weight is 453 g/mol. The van der Waals surface area contributed by atoms with Crippen LogP contribution in [0, 0.1) is 6.92 Å². The van der Waals surface area contributed by atoms with E-state index in [9.17, 15) is 4.79 Å². The van der Waals surface area contributed by atoms with Crippen molar-refractivity contribution in [3.05, 3.63) is 42.1 Å². The molecule has 2 aromatic heterocycles. The number of aromatic nitrogens is 4. The van der Waals surface area contributed by atoms with Crippen molar-refractivity contribution in [3.8, 4) is 0 Å². The lowest BCUT2D eigenvalue weighted by Gasteiger charge is -2.19. The largest absolute Gasteiger partial charge is 0.355 e. The molecule has 1 fully saturated rings. The van der Waals surface area contributed by atoms with E-state index in [1.807, 2.05) is 57.3 Å². The second-order valence-corrected chi connectivity index (χ2v) is 8.74. The Hall–Kier alpha value is -3.11. The SMILES string of the molecule is CCC(=O)Nc1ccc(Sc2nc(Nc3cc(C)[nH]n3)cc(N3CC[C@@H](NC)C3)n2)cc1. The van der Waals surface area contributed by atoms with Gasteiger partial charge in [-0.2, -0.15) is 5.10 Å². The maximum Gasteiger partial charge on any atom is 0.224 e. The van der Waals surface area contributed by atoms with Gasteiger partial charge in [0.05, 0.1) is 0 Å². The van der Waals surface area contributed by atoms with E-state index >= 15 is 0 Å². The lowest BCUT2D eigenvalue weighted by molar-refractivity contribution is -0.115. The van der Waals surface area contributed by atoms with Crippen LogP contribution < -0.4 is 20.9 Å². The van der Waals surface area contributed by atoms with Crippen molar-refractivity contribution in [3.63, 3.8) is 0 Å². The molecule has 1 aromatic carbocycles. The molecule has 0 aliphatic carbocycles. The third-order valence-electron chi connectivity index (χ3n) is 5.24. The molecule has 3 aromatic rings. The molecule has 4 rings (SSSR count). The zero-order chi connectivity index (χ0) is 22.5. The smallest absolute Gasteiger partial charge is 0.224 e. The van der Waals surface area contributed by atoms with Crippen molar-refractivity contribution in [2.24, 2.45) is 0 Å². The van der Waals surface area contributed by atoms with Crippen LogP contribution in [-0.2, 0) is 4.79 Å². The molecule has 0 radical (unpaired) electrons. The topological polar surface area (TPSA) is 111 Å². The molecule has 1 saturated heterocycles. The third-order valence-corrected chi connectivity index (χ3v) is 6.12. The Morgan fingerprint density at radius 3 is 2.69 bits per heavy atom. The number of hydrogen-bond acceptors (Lipinski definition) is 8. The number of anilines is 4. The number of amides is 1. The number of likely N-dealkylation sites (N-methyl/N-ethyl adjacent to an activating group) is 1. The number of hydrogen-bond donors (Lipinski definition) is 4. The van der Waals surface area contributed by atoms with Crippen LogP contribution in [-0.4, -0.2) is 52.3 Å². The summed E-state index contributed by atoms with van der Waals surface area (Å²) in [6.07, 6.45) is 1.53. The molecule has 0 bridgehead atoms. The van der Waals surface area contributed by atoms with Gasteiger partial charge in [0.15, 0.2) is 11.0 Å². The standard InChI is InChI=1S/C22H28N8OS/c1-4-21(31)24-15-5-7-17(8-6-15)32-22-26-18(25-19-11-14(2)28-29-19)12-20(27-22)30-10-9-16(13-30)23-3/h5-8,11-12,16,23H,4,9-10,13H2,1-3H3,(H,24,31)(H2,25,26,27,28,29)/t16-/m1/s1. The van der Waals surface area contributed by atoms with E-state index in [1.165, 1.54) is 11.8 Å². The van der Waals surface area contributed by atoms with E-state index < -0.39 is 0 Å². The van der Waals surface area contributed by atoms with E-state index in [0.29, 0.717) is 29.3 Å². The molecule has 1 aliphatic rings. The van der Waals surface area contributed by atoms with Crippen molar-refractivity contribution < 1.29 is 4.79 Å². The highest BCUT2D eigenvalue weighted by molar-refractivity contribution is 7.99. The van der Waals surface area contributed by atoms with E-state index in [4.69, 9.17) is 9.97 Å². The van der Waals surface area contributed by atoms with Gasteiger partial charge in [0.1, 0.15) is 11.6 Å². The Balaban J connectivity index is 1.56. The molecule has 4 N–H and O–H groups in total. The zero-order valence-corrected chi connectivity index (χ0v) is 19.3. The van der Waals surface area contributed by atoms with Crippen molar-refractivity contribution in [1.82, 2.24) is 25.5 Å². The van der Waals surface area contributed by atoms with Gasteiger partial charge in [-0.25, -0.2) is 9.97 Å². The van der Waals surface area contributed by atoms with Gasteiger partial charge in [0.25, 0.3) is 0 Å². The molecule has 10 heteroatoms. The second-order valence-electron chi connectivity index (χ2n) is 7.70. The van der Waals surface area contributed by atoms with E-state index in [0.717, 1.165) is 41.6 Å². The van der Waals surface area contributed by atoms with Gasteiger partial charge in [0, 0.05) is 54.0 Å². The number of H-pyrrole nitrogens is 1. The third kappa shape index (κ3) is 5.57. The van der Waals surface area contributed by atoms with Gasteiger partial charge in [-0.3, -0.25) is 9.89 Å². The molecule has 1 amide bonds. The fraction of sp³-hybridized carbons (Fsp3) is 0.364. The Morgan fingerprint density at radius 1 is 1.22 bits per heavy atom. The molecular formula is C22H28N8OS. The van der Waals surface area contributed by atoms with Gasteiger partial charge in [0.2, 0.25) is 5.91 Å². The average Bonchev–Trinajstić information content (AvgIpc) is 3.44. The Morgan fingerprint density at radius 2 is 2.03 bits per heavy atom. The van der Waals surface area contributed by atoms with Crippen LogP contribution in [0.1, 0.15) is 25.5 Å². The molecule has 32 heavy (non-hydrogen) atoms. The van der Waals surface area contributed by atoms with Crippen LogP contribution >= 0.6 is 11.8 Å². The number of aromatic amines is 1. The van der Waals surface area contributed by atoms with Crippen LogP contribution in [0.15, 0.2) is 46.5 Å². The normalized spacial score (nSPS) is 15.7. The van der Waals surface area contributed by atoms with Gasteiger partial charge in [-0.1, -0.05) is 6.92 Å².